The number of methoxy groups -OCH3 is 1. The molecule has 2 aromatic carbocycles. The van der Waals surface area contributed by atoms with Gasteiger partial charge in [-0.2, -0.15) is 0 Å². The number of amides is 1. The molecule has 130 valence electrons. The average molecular weight is 359 g/mol. The zero-order valence-corrected chi connectivity index (χ0v) is 14.8. The van der Waals surface area contributed by atoms with E-state index in [1.54, 1.807) is 12.1 Å². The highest BCUT2D eigenvalue weighted by Crippen LogP contribution is 2.28. The molecule has 0 unspecified atom stereocenters. The lowest BCUT2D eigenvalue weighted by Gasteiger charge is -2.13. The summed E-state index contributed by atoms with van der Waals surface area (Å²) in [5.41, 5.74) is 2.76. The first-order chi connectivity index (χ1) is 11.8. The van der Waals surface area contributed by atoms with Crippen molar-refractivity contribution in [1.82, 2.24) is 5.32 Å². The van der Waals surface area contributed by atoms with E-state index in [4.69, 9.17) is 17.0 Å². The predicted molar refractivity (Wildman–Crippen MR) is 99.3 cm³/mol. The summed E-state index contributed by atoms with van der Waals surface area (Å²) in [5, 5.41) is 16.3. The van der Waals surface area contributed by atoms with Crippen LogP contribution >= 0.6 is 12.2 Å². The molecule has 0 aromatic heterocycles. The Morgan fingerprint density at radius 3 is 2.36 bits per heavy atom. The Hall–Kier alpha value is -3.00. The lowest BCUT2D eigenvalue weighted by atomic mass is 10.1. The first kappa shape index (κ1) is 18.3. The van der Waals surface area contributed by atoms with Crippen LogP contribution in [0.2, 0.25) is 0 Å². The fraction of sp³-hybridized carbons (Fsp3) is 0.176. The number of hydrogen-bond donors (Lipinski definition) is 2. The summed E-state index contributed by atoms with van der Waals surface area (Å²) in [6.45, 7) is 3.81. The quantitative estimate of drug-likeness (QED) is 0.494. The van der Waals surface area contributed by atoms with E-state index >= 15 is 0 Å². The number of nitrogens with zero attached hydrogens (tertiary/aromatic N) is 1. The van der Waals surface area contributed by atoms with Gasteiger partial charge in [-0.15, -0.1) is 0 Å². The van der Waals surface area contributed by atoms with Crippen LogP contribution in [0.4, 0.5) is 11.4 Å². The lowest BCUT2D eigenvalue weighted by Crippen LogP contribution is -2.34. The van der Waals surface area contributed by atoms with Crippen molar-refractivity contribution in [1.29, 1.82) is 0 Å². The molecule has 2 aromatic rings. The zero-order valence-electron chi connectivity index (χ0n) is 14.0. The maximum atomic E-state index is 12.3. The molecule has 0 spiro atoms. The number of nitrogens with one attached hydrogen (secondary N) is 2. The van der Waals surface area contributed by atoms with E-state index < -0.39 is 4.92 Å². The predicted octanol–water partition coefficient (Wildman–Crippen LogP) is 3.35. The second-order valence-corrected chi connectivity index (χ2v) is 5.83. The summed E-state index contributed by atoms with van der Waals surface area (Å²) in [4.78, 5) is 22.6. The van der Waals surface area contributed by atoms with Crippen LogP contribution in [0.3, 0.4) is 0 Å². The Labute approximate surface area is 150 Å². The fourth-order valence-corrected chi connectivity index (χ4v) is 2.53. The number of ether oxygens (including phenoxy) is 1. The topological polar surface area (TPSA) is 93.5 Å². The number of nitro groups is 1. The van der Waals surface area contributed by atoms with Crippen molar-refractivity contribution in [2.24, 2.45) is 0 Å². The van der Waals surface area contributed by atoms with Crippen LogP contribution in [0.25, 0.3) is 0 Å². The number of anilines is 1. The van der Waals surface area contributed by atoms with Gasteiger partial charge in [-0.1, -0.05) is 17.2 Å². The van der Waals surface area contributed by atoms with Gasteiger partial charge in [-0.25, -0.2) is 0 Å². The molecule has 0 saturated heterocycles. The number of carbonyl (C=O) groups is 1. The summed E-state index contributed by atoms with van der Waals surface area (Å²) in [6.07, 6.45) is 0. The first-order valence-electron chi connectivity index (χ1n) is 7.33. The van der Waals surface area contributed by atoms with Crippen LogP contribution in [0, 0.1) is 24.0 Å². The molecule has 0 bridgehead atoms. The smallest absolute Gasteiger partial charge is 0.273 e. The Bertz CT molecular complexity index is 832. The number of thiocarbonyl (C=S) groups is 1. The van der Waals surface area contributed by atoms with E-state index in [9.17, 15) is 14.9 Å². The molecular formula is C17H17N3O4S. The number of rotatable bonds is 4. The number of nitro benzene ring substituents is 1. The Morgan fingerprint density at radius 1 is 1.16 bits per heavy atom. The SMILES string of the molecule is COc1cc([N+](=O)[O-])ccc1NC(=S)NC(=O)c1cc(C)cc(C)c1. The largest absolute Gasteiger partial charge is 0.494 e. The highest BCUT2D eigenvalue weighted by molar-refractivity contribution is 7.80. The molecule has 0 radical (unpaired) electrons. The molecule has 8 heteroatoms. The lowest BCUT2D eigenvalue weighted by molar-refractivity contribution is -0.384. The molecule has 0 heterocycles. The van der Waals surface area contributed by atoms with Crippen molar-refractivity contribution < 1.29 is 14.5 Å². The highest BCUT2D eigenvalue weighted by Gasteiger charge is 2.14. The molecule has 0 aliphatic carbocycles. The van der Waals surface area contributed by atoms with Crippen molar-refractivity contribution in [3.8, 4) is 5.75 Å². The third-order valence-corrected chi connectivity index (χ3v) is 3.56. The summed E-state index contributed by atoms with van der Waals surface area (Å²) >= 11 is 5.14. The van der Waals surface area contributed by atoms with E-state index in [1.807, 2.05) is 19.9 Å². The Balaban J connectivity index is 2.12. The monoisotopic (exact) mass is 359 g/mol. The van der Waals surface area contributed by atoms with E-state index in [0.29, 0.717) is 11.3 Å². The van der Waals surface area contributed by atoms with Crippen molar-refractivity contribution >= 4 is 34.6 Å². The van der Waals surface area contributed by atoms with Crippen LogP contribution in [0.5, 0.6) is 5.75 Å². The van der Waals surface area contributed by atoms with Crippen LogP contribution in [0.15, 0.2) is 36.4 Å². The normalized spacial score (nSPS) is 10.0. The van der Waals surface area contributed by atoms with Gasteiger partial charge in [0.2, 0.25) is 0 Å². The summed E-state index contributed by atoms with van der Waals surface area (Å²) in [6, 6.07) is 9.55. The number of non-ortho nitro benzene ring substituents is 1. The Morgan fingerprint density at radius 2 is 1.80 bits per heavy atom. The average Bonchev–Trinajstić information content (AvgIpc) is 2.53. The van der Waals surface area contributed by atoms with Gasteiger partial charge in [-0.05, 0) is 44.3 Å². The van der Waals surface area contributed by atoms with Crippen LogP contribution in [0.1, 0.15) is 21.5 Å². The molecule has 0 atom stereocenters. The van der Waals surface area contributed by atoms with Gasteiger partial charge in [-0.3, -0.25) is 20.2 Å². The van der Waals surface area contributed by atoms with E-state index in [0.717, 1.165) is 11.1 Å². The molecule has 0 saturated carbocycles. The van der Waals surface area contributed by atoms with Crippen molar-refractivity contribution in [2.45, 2.75) is 13.8 Å². The van der Waals surface area contributed by atoms with Gasteiger partial charge in [0, 0.05) is 11.6 Å². The molecule has 7 nitrogen and oxygen atoms in total. The van der Waals surface area contributed by atoms with Gasteiger partial charge >= 0.3 is 0 Å². The summed E-state index contributed by atoms with van der Waals surface area (Å²) in [5.74, 6) is -0.0950. The third-order valence-electron chi connectivity index (χ3n) is 3.36. The highest BCUT2D eigenvalue weighted by atomic mass is 32.1. The van der Waals surface area contributed by atoms with Crippen LogP contribution in [-0.4, -0.2) is 23.1 Å². The molecular weight excluding hydrogens is 342 g/mol. The molecule has 0 aliphatic rings. The minimum atomic E-state index is -0.521. The van der Waals surface area contributed by atoms with Gasteiger partial charge in [0.15, 0.2) is 5.11 Å². The number of hydrogen-bond acceptors (Lipinski definition) is 5. The summed E-state index contributed by atoms with van der Waals surface area (Å²) < 4.78 is 5.12. The van der Waals surface area contributed by atoms with E-state index in [1.165, 1.54) is 25.3 Å². The number of aryl methyl sites for hydroxylation is 2. The second-order valence-electron chi connectivity index (χ2n) is 5.43. The molecule has 1 amide bonds. The molecule has 0 aliphatic heterocycles. The van der Waals surface area contributed by atoms with Gasteiger partial charge in [0.25, 0.3) is 11.6 Å². The first-order valence-corrected chi connectivity index (χ1v) is 7.74. The van der Waals surface area contributed by atoms with Crippen molar-refractivity contribution in [2.75, 3.05) is 12.4 Å². The standard InChI is InChI=1S/C17H17N3O4S/c1-10-6-11(2)8-12(7-10)16(21)19-17(25)18-14-5-4-13(20(22)23)9-15(14)24-3/h4-9H,1-3H3,(H2,18,19,21,25). The molecule has 2 rings (SSSR count). The minimum absolute atomic E-state index is 0.0660. The van der Waals surface area contributed by atoms with Gasteiger partial charge < -0.3 is 10.1 Å². The maximum absolute atomic E-state index is 12.3. The Kier molecular flexibility index (Phi) is 5.66. The van der Waals surface area contributed by atoms with Gasteiger partial charge in [0.05, 0.1) is 23.8 Å². The van der Waals surface area contributed by atoms with E-state index in [2.05, 4.69) is 10.6 Å². The van der Waals surface area contributed by atoms with Crippen LogP contribution < -0.4 is 15.4 Å². The van der Waals surface area contributed by atoms with E-state index in [-0.39, 0.29) is 22.5 Å². The number of benzene rings is 2. The van der Waals surface area contributed by atoms with Crippen molar-refractivity contribution in [3.63, 3.8) is 0 Å². The molecule has 0 fully saturated rings. The van der Waals surface area contributed by atoms with Crippen LogP contribution in [-0.2, 0) is 0 Å². The van der Waals surface area contributed by atoms with Crippen molar-refractivity contribution in [3.05, 3.63) is 63.2 Å². The molecule has 25 heavy (non-hydrogen) atoms. The zero-order chi connectivity index (χ0) is 18.6. The fourth-order valence-electron chi connectivity index (χ4n) is 2.33. The third kappa shape index (κ3) is 4.74. The molecule has 2 N–H and O–H groups in total. The summed E-state index contributed by atoms with van der Waals surface area (Å²) in [7, 11) is 1.39. The van der Waals surface area contributed by atoms with Gasteiger partial charge in [0.1, 0.15) is 5.75 Å². The second kappa shape index (κ2) is 7.71. The number of carbonyl (C=O) groups excluding carboxylic acids is 1. The minimum Gasteiger partial charge on any atom is -0.494 e. The maximum Gasteiger partial charge on any atom is 0.273 e.